The highest BCUT2D eigenvalue weighted by Crippen LogP contribution is 2.37. The number of nitrogens with zero attached hydrogens (tertiary/aromatic N) is 1. The molecule has 0 spiro atoms. The van der Waals surface area contributed by atoms with Crippen molar-refractivity contribution in [2.45, 2.75) is 32.3 Å². The molecule has 0 saturated carbocycles. The van der Waals surface area contributed by atoms with Gasteiger partial charge >= 0.3 is 0 Å². The first kappa shape index (κ1) is 22.3. The maximum absolute atomic E-state index is 13.8. The van der Waals surface area contributed by atoms with Gasteiger partial charge in [0.1, 0.15) is 11.9 Å². The fourth-order valence-electron chi connectivity index (χ4n) is 3.30. The van der Waals surface area contributed by atoms with Crippen molar-refractivity contribution in [2.75, 3.05) is 26.8 Å². The van der Waals surface area contributed by atoms with Gasteiger partial charge in [-0.25, -0.2) is 8.78 Å². The van der Waals surface area contributed by atoms with Gasteiger partial charge in [-0.1, -0.05) is 6.92 Å². The molecule has 1 heterocycles. The van der Waals surface area contributed by atoms with Crippen LogP contribution in [0.1, 0.15) is 36.5 Å². The third-order valence-electron chi connectivity index (χ3n) is 4.84. The summed E-state index contributed by atoms with van der Waals surface area (Å²) in [7, 11) is 1.53. The molecule has 1 amide bonds. The number of rotatable bonds is 7. The fourth-order valence-corrected chi connectivity index (χ4v) is 3.85. The van der Waals surface area contributed by atoms with Crippen LogP contribution < -0.4 is 14.2 Å². The number of benzene rings is 2. The molecule has 1 saturated heterocycles. The van der Waals surface area contributed by atoms with E-state index in [1.54, 1.807) is 17.0 Å². The van der Waals surface area contributed by atoms with Gasteiger partial charge in [-0.3, -0.25) is 4.79 Å². The molecule has 0 unspecified atom stereocenters. The SMILES string of the molecule is CCCOc1c(Br)cc(C(=O)N2CCC(Oc3ccc(F)cc3F)CC2)cc1OC. The van der Waals surface area contributed by atoms with Crippen LogP contribution in [-0.4, -0.2) is 43.7 Å². The highest BCUT2D eigenvalue weighted by molar-refractivity contribution is 9.10. The molecule has 2 aromatic carbocycles. The molecule has 0 atom stereocenters. The molecule has 1 fully saturated rings. The smallest absolute Gasteiger partial charge is 0.254 e. The van der Waals surface area contributed by atoms with Gasteiger partial charge in [0.2, 0.25) is 0 Å². The average molecular weight is 484 g/mol. The van der Waals surface area contributed by atoms with Gasteiger partial charge in [-0.2, -0.15) is 0 Å². The Morgan fingerprint density at radius 3 is 2.53 bits per heavy atom. The lowest BCUT2D eigenvalue weighted by atomic mass is 10.1. The Hall–Kier alpha value is -2.35. The lowest BCUT2D eigenvalue weighted by Crippen LogP contribution is -2.41. The second-order valence-corrected chi connectivity index (χ2v) is 7.88. The second-order valence-electron chi connectivity index (χ2n) is 7.02. The Morgan fingerprint density at radius 1 is 1.17 bits per heavy atom. The molecule has 162 valence electrons. The number of halogens is 3. The molecule has 0 radical (unpaired) electrons. The summed E-state index contributed by atoms with van der Waals surface area (Å²) in [6.45, 7) is 3.50. The van der Waals surface area contributed by atoms with Crippen molar-refractivity contribution in [3.8, 4) is 17.2 Å². The van der Waals surface area contributed by atoms with Crippen molar-refractivity contribution in [1.82, 2.24) is 4.90 Å². The number of carbonyl (C=O) groups is 1. The van der Waals surface area contributed by atoms with Gasteiger partial charge in [-0.15, -0.1) is 0 Å². The summed E-state index contributed by atoms with van der Waals surface area (Å²) < 4.78 is 44.3. The first-order chi connectivity index (χ1) is 14.4. The van der Waals surface area contributed by atoms with Crippen molar-refractivity contribution in [3.63, 3.8) is 0 Å². The average Bonchev–Trinajstić information content (AvgIpc) is 2.74. The predicted octanol–water partition coefficient (Wildman–Crippen LogP) is 5.21. The summed E-state index contributed by atoms with van der Waals surface area (Å²) in [4.78, 5) is 14.7. The van der Waals surface area contributed by atoms with Gasteiger partial charge < -0.3 is 19.1 Å². The lowest BCUT2D eigenvalue weighted by molar-refractivity contribution is 0.0587. The number of amides is 1. The molecule has 0 bridgehead atoms. The molecule has 0 N–H and O–H groups in total. The molecule has 3 rings (SSSR count). The lowest BCUT2D eigenvalue weighted by Gasteiger charge is -2.32. The summed E-state index contributed by atoms with van der Waals surface area (Å²) in [6, 6.07) is 6.65. The van der Waals surface area contributed by atoms with Gasteiger partial charge in [0, 0.05) is 37.6 Å². The molecule has 1 aliphatic rings. The summed E-state index contributed by atoms with van der Waals surface area (Å²) in [5, 5.41) is 0. The molecular weight excluding hydrogens is 460 g/mol. The number of methoxy groups -OCH3 is 1. The van der Waals surface area contributed by atoms with Crippen molar-refractivity contribution in [3.05, 3.63) is 52.0 Å². The summed E-state index contributed by atoms with van der Waals surface area (Å²) in [6.07, 6.45) is 1.73. The van der Waals surface area contributed by atoms with Crippen molar-refractivity contribution >= 4 is 21.8 Å². The normalized spacial score (nSPS) is 14.5. The summed E-state index contributed by atoms with van der Waals surface area (Å²) >= 11 is 3.46. The Labute approximate surface area is 183 Å². The van der Waals surface area contributed by atoms with Crippen LogP contribution in [0.3, 0.4) is 0 Å². The first-order valence-corrected chi connectivity index (χ1v) is 10.6. The van der Waals surface area contributed by atoms with Crippen molar-refractivity contribution in [1.29, 1.82) is 0 Å². The largest absolute Gasteiger partial charge is 0.493 e. The highest BCUT2D eigenvalue weighted by Gasteiger charge is 2.26. The quantitative estimate of drug-likeness (QED) is 0.542. The fraction of sp³-hybridized carbons (Fsp3) is 0.409. The number of ether oxygens (including phenoxy) is 3. The zero-order valence-corrected chi connectivity index (χ0v) is 18.5. The maximum Gasteiger partial charge on any atom is 0.254 e. The predicted molar refractivity (Wildman–Crippen MR) is 112 cm³/mol. The van der Waals surface area contributed by atoms with Crippen LogP contribution in [0.15, 0.2) is 34.8 Å². The Morgan fingerprint density at radius 2 is 1.90 bits per heavy atom. The molecule has 5 nitrogen and oxygen atoms in total. The van der Waals surface area contributed by atoms with E-state index >= 15 is 0 Å². The monoisotopic (exact) mass is 483 g/mol. The van der Waals surface area contributed by atoms with E-state index < -0.39 is 11.6 Å². The zero-order valence-electron chi connectivity index (χ0n) is 16.9. The molecule has 0 aliphatic carbocycles. The Bertz CT molecular complexity index is 901. The molecular formula is C22H24BrF2NO4. The highest BCUT2D eigenvalue weighted by atomic mass is 79.9. The van der Waals surface area contributed by atoms with Gasteiger partial charge in [0.05, 0.1) is 18.2 Å². The van der Waals surface area contributed by atoms with Crippen molar-refractivity contribution < 1.29 is 27.8 Å². The van der Waals surface area contributed by atoms with Crippen LogP contribution in [-0.2, 0) is 0 Å². The number of likely N-dealkylation sites (tertiary alicyclic amines) is 1. The molecule has 2 aromatic rings. The van der Waals surface area contributed by atoms with Crippen LogP contribution >= 0.6 is 15.9 Å². The summed E-state index contributed by atoms with van der Waals surface area (Å²) in [5.74, 6) is -0.403. The molecule has 1 aliphatic heterocycles. The van der Waals surface area contributed by atoms with Gasteiger partial charge in [0.25, 0.3) is 5.91 Å². The minimum atomic E-state index is -0.726. The number of hydrogen-bond acceptors (Lipinski definition) is 4. The number of hydrogen-bond donors (Lipinski definition) is 0. The van der Waals surface area contributed by atoms with Crippen molar-refractivity contribution in [2.24, 2.45) is 0 Å². The van der Waals surface area contributed by atoms with Gasteiger partial charge in [0.15, 0.2) is 23.1 Å². The van der Waals surface area contributed by atoms with E-state index in [-0.39, 0.29) is 17.8 Å². The van der Waals surface area contributed by atoms with Crippen LogP contribution in [0.25, 0.3) is 0 Å². The third kappa shape index (κ3) is 5.22. The maximum atomic E-state index is 13.8. The minimum absolute atomic E-state index is 0.0255. The molecule has 30 heavy (non-hydrogen) atoms. The molecule has 8 heteroatoms. The van der Waals surface area contributed by atoms with E-state index in [1.165, 1.54) is 13.2 Å². The van der Waals surface area contributed by atoms with Crippen LogP contribution in [0, 0.1) is 11.6 Å². The Kier molecular flexibility index (Phi) is 7.53. The number of piperidine rings is 1. The van der Waals surface area contributed by atoms with E-state index in [4.69, 9.17) is 14.2 Å². The van der Waals surface area contributed by atoms with E-state index in [1.807, 2.05) is 6.92 Å². The standard InChI is InChI=1S/C22H24BrF2NO4/c1-3-10-29-21-17(23)11-14(12-20(21)28-2)22(27)26-8-6-16(7-9-26)30-19-5-4-15(24)13-18(19)25/h4-5,11-13,16H,3,6-10H2,1-2H3. The van der Waals surface area contributed by atoms with Crippen LogP contribution in [0.2, 0.25) is 0 Å². The Balaban J connectivity index is 1.64. The second kappa shape index (κ2) is 10.1. The van der Waals surface area contributed by atoms with E-state index in [9.17, 15) is 13.6 Å². The van der Waals surface area contributed by atoms with E-state index in [0.717, 1.165) is 18.6 Å². The zero-order chi connectivity index (χ0) is 21.7. The van der Waals surface area contributed by atoms with E-state index in [2.05, 4.69) is 15.9 Å². The minimum Gasteiger partial charge on any atom is -0.493 e. The summed E-state index contributed by atoms with van der Waals surface area (Å²) in [5.41, 5.74) is 0.492. The first-order valence-electron chi connectivity index (χ1n) is 9.84. The topological polar surface area (TPSA) is 48.0 Å². The van der Waals surface area contributed by atoms with Crippen LogP contribution in [0.5, 0.6) is 17.2 Å². The molecule has 0 aromatic heterocycles. The van der Waals surface area contributed by atoms with Crippen LogP contribution in [0.4, 0.5) is 8.78 Å². The number of carbonyl (C=O) groups excluding carboxylic acids is 1. The van der Waals surface area contributed by atoms with Gasteiger partial charge in [-0.05, 0) is 46.6 Å². The third-order valence-corrected chi connectivity index (χ3v) is 5.43. The van der Waals surface area contributed by atoms with E-state index in [0.29, 0.717) is 54.1 Å².